The van der Waals surface area contributed by atoms with Crippen molar-refractivity contribution in [2.24, 2.45) is 11.7 Å². The minimum atomic E-state index is -0.445. The van der Waals surface area contributed by atoms with Crippen LogP contribution in [0.5, 0.6) is 5.75 Å². The molecule has 2 aromatic carbocycles. The molecule has 102 valence electrons. The van der Waals surface area contributed by atoms with Crippen LogP contribution < -0.4 is 5.73 Å². The summed E-state index contributed by atoms with van der Waals surface area (Å²) in [6, 6.07) is 10.8. The second-order valence-corrected chi connectivity index (χ2v) is 5.14. The van der Waals surface area contributed by atoms with Gasteiger partial charge in [0.05, 0.1) is 12.1 Å². The zero-order valence-electron chi connectivity index (χ0n) is 10.5. The number of aromatic hydroxyl groups is 1. The molecule has 0 aromatic heterocycles. The fraction of sp³-hybridized carbons (Fsp3) is 0.333. The van der Waals surface area contributed by atoms with Gasteiger partial charge in [0, 0.05) is 0 Å². The van der Waals surface area contributed by atoms with Crippen molar-refractivity contribution in [1.29, 1.82) is 0 Å². The monoisotopic (exact) mass is 279 g/mol. The Kier molecular flexibility index (Phi) is 3.99. The number of hydrogen-bond donors (Lipinski definition) is 3. The number of rotatable bonds is 3. The molecule has 4 N–H and O–H groups in total. The Hall–Kier alpha value is -1.29. The maximum atomic E-state index is 10.1. The Morgan fingerprint density at radius 1 is 1.05 bits per heavy atom. The molecule has 1 aliphatic carbocycles. The lowest BCUT2D eigenvalue weighted by Gasteiger charge is -2.19. The zero-order valence-corrected chi connectivity index (χ0v) is 11.3. The van der Waals surface area contributed by atoms with Crippen molar-refractivity contribution in [3.63, 3.8) is 0 Å². The first-order chi connectivity index (χ1) is 8.65. The average Bonchev–Trinajstić information content (AvgIpc) is 3.20. The number of nitrogens with two attached hydrogens (primary N) is 1. The summed E-state index contributed by atoms with van der Waals surface area (Å²) >= 11 is 0. The molecular weight excluding hydrogens is 262 g/mol. The Balaban J connectivity index is 0.00000133. The zero-order chi connectivity index (χ0) is 12.7. The molecule has 0 heterocycles. The summed E-state index contributed by atoms with van der Waals surface area (Å²) < 4.78 is 0. The normalized spacial score (nSPS) is 17.8. The van der Waals surface area contributed by atoms with E-state index in [9.17, 15) is 10.2 Å². The first kappa shape index (κ1) is 14.1. The Bertz CT molecular complexity index is 583. The molecule has 0 radical (unpaired) electrons. The van der Waals surface area contributed by atoms with Crippen LogP contribution in [0, 0.1) is 5.92 Å². The number of phenolic OH excluding ortho intramolecular Hbond substituents is 1. The van der Waals surface area contributed by atoms with Crippen LogP contribution in [-0.2, 0) is 0 Å². The van der Waals surface area contributed by atoms with Gasteiger partial charge in [0.1, 0.15) is 5.75 Å². The summed E-state index contributed by atoms with van der Waals surface area (Å²) in [6.07, 6.45) is 1.71. The van der Waals surface area contributed by atoms with E-state index in [1.165, 1.54) is 0 Å². The minimum Gasteiger partial charge on any atom is -0.508 e. The molecule has 0 aliphatic heterocycles. The first-order valence-corrected chi connectivity index (χ1v) is 6.31. The van der Waals surface area contributed by atoms with Crippen molar-refractivity contribution in [2.75, 3.05) is 0 Å². The smallest absolute Gasteiger partial charge is 0.116 e. The lowest BCUT2D eigenvalue weighted by molar-refractivity contribution is 0.122. The first-order valence-electron chi connectivity index (χ1n) is 6.31. The van der Waals surface area contributed by atoms with Crippen molar-refractivity contribution in [2.45, 2.75) is 25.0 Å². The van der Waals surface area contributed by atoms with E-state index < -0.39 is 6.10 Å². The van der Waals surface area contributed by atoms with E-state index in [1.54, 1.807) is 12.1 Å². The number of aliphatic hydroxyl groups is 1. The van der Waals surface area contributed by atoms with Gasteiger partial charge < -0.3 is 15.9 Å². The van der Waals surface area contributed by atoms with Crippen LogP contribution in [0.25, 0.3) is 10.8 Å². The van der Waals surface area contributed by atoms with Gasteiger partial charge in [-0.15, -0.1) is 12.4 Å². The maximum Gasteiger partial charge on any atom is 0.116 e. The van der Waals surface area contributed by atoms with E-state index in [0.717, 1.165) is 29.2 Å². The number of fused-ring (bicyclic) bond motifs is 1. The molecule has 0 amide bonds. The van der Waals surface area contributed by atoms with Crippen LogP contribution in [0.4, 0.5) is 0 Å². The van der Waals surface area contributed by atoms with E-state index >= 15 is 0 Å². The highest BCUT2D eigenvalue weighted by Crippen LogP contribution is 2.37. The lowest BCUT2D eigenvalue weighted by Crippen LogP contribution is -2.27. The van der Waals surface area contributed by atoms with Crippen molar-refractivity contribution in [1.82, 2.24) is 0 Å². The predicted molar refractivity (Wildman–Crippen MR) is 78.5 cm³/mol. The molecule has 0 unspecified atom stereocenters. The number of halogens is 1. The molecule has 2 atom stereocenters. The SMILES string of the molecule is Cl.N[C@@H](c1ccc2cc(O)ccc2c1)[C@H](O)C1CC1. The van der Waals surface area contributed by atoms with Crippen molar-refractivity contribution in [3.8, 4) is 5.75 Å². The number of benzene rings is 2. The number of phenols is 1. The van der Waals surface area contributed by atoms with Gasteiger partial charge in [-0.25, -0.2) is 0 Å². The fourth-order valence-corrected chi connectivity index (χ4v) is 2.39. The molecule has 4 heteroatoms. The predicted octanol–water partition coefficient (Wildman–Crippen LogP) is 2.74. The summed E-state index contributed by atoms with van der Waals surface area (Å²) in [7, 11) is 0. The largest absolute Gasteiger partial charge is 0.508 e. The Morgan fingerprint density at radius 2 is 1.68 bits per heavy atom. The van der Waals surface area contributed by atoms with E-state index in [0.29, 0.717) is 5.92 Å². The summed E-state index contributed by atoms with van der Waals surface area (Å²) in [5, 5.41) is 21.5. The number of aliphatic hydroxyl groups excluding tert-OH is 1. The summed E-state index contributed by atoms with van der Waals surface area (Å²) in [4.78, 5) is 0. The topological polar surface area (TPSA) is 66.5 Å². The van der Waals surface area contributed by atoms with Crippen LogP contribution in [0.1, 0.15) is 24.4 Å². The van der Waals surface area contributed by atoms with E-state index in [4.69, 9.17) is 5.73 Å². The molecule has 19 heavy (non-hydrogen) atoms. The molecule has 0 bridgehead atoms. The number of hydrogen-bond acceptors (Lipinski definition) is 3. The molecule has 2 aromatic rings. The van der Waals surface area contributed by atoms with Gasteiger partial charge in [-0.05, 0) is 53.3 Å². The minimum absolute atomic E-state index is 0. The van der Waals surface area contributed by atoms with Crippen molar-refractivity contribution < 1.29 is 10.2 Å². The van der Waals surface area contributed by atoms with Gasteiger partial charge in [0.2, 0.25) is 0 Å². The average molecular weight is 280 g/mol. The van der Waals surface area contributed by atoms with Crippen molar-refractivity contribution >= 4 is 23.2 Å². The fourth-order valence-electron chi connectivity index (χ4n) is 2.39. The van der Waals surface area contributed by atoms with Gasteiger partial charge in [-0.3, -0.25) is 0 Å². The van der Waals surface area contributed by atoms with Crippen LogP contribution >= 0.6 is 12.4 Å². The molecule has 1 saturated carbocycles. The molecule has 1 aliphatic rings. The highest BCUT2D eigenvalue weighted by molar-refractivity contribution is 5.85. The third kappa shape index (κ3) is 2.84. The lowest BCUT2D eigenvalue weighted by atomic mass is 9.96. The van der Waals surface area contributed by atoms with Gasteiger partial charge in [-0.1, -0.05) is 18.2 Å². The molecule has 0 spiro atoms. The molecule has 3 rings (SSSR count). The van der Waals surface area contributed by atoms with Crippen LogP contribution in [0.3, 0.4) is 0 Å². The van der Waals surface area contributed by atoms with E-state index in [2.05, 4.69) is 0 Å². The third-order valence-electron chi connectivity index (χ3n) is 3.71. The van der Waals surface area contributed by atoms with Gasteiger partial charge in [0.25, 0.3) is 0 Å². The third-order valence-corrected chi connectivity index (χ3v) is 3.71. The maximum absolute atomic E-state index is 10.1. The molecular formula is C15H18ClNO2. The van der Waals surface area contributed by atoms with E-state index in [1.807, 2.05) is 24.3 Å². The van der Waals surface area contributed by atoms with Crippen LogP contribution in [-0.4, -0.2) is 16.3 Å². The Labute approximate surface area is 118 Å². The molecule has 3 nitrogen and oxygen atoms in total. The standard InChI is InChI=1S/C15H17NO2.ClH/c16-14(15(18)9-1-2-9)12-4-3-11-8-13(17)6-5-10(11)7-12;/h3-9,14-15,17-18H,1-2,16H2;1H/t14-,15+;/m0./s1. The molecule has 1 fully saturated rings. The van der Waals surface area contributed by atoms with Gasteiger partial charge in [-0.2, -0.15) is 0 Å². The summed E-state index contributed by atoms with van der Waals surface area (Å²) in [5.41, 5.74) is 7.05. The second kappa shape index (κ2) is 5.37. The second-order valence-electron chi connectivity index (χ2n) is 5.14. The van der Waals surface area contributed by atoms with Gasteiger partial charge in [0.15, 0.2) is 0 Å². The molecule has 0 saturated heterocycles. The van der Waals surface area contributed by atoms with Crippen molar-refractivity contribution in [3.05, 3.63) is 42.0 Å². The summed E-state index contributed by atoms with van der Waals surface area (Å²) in [5.74, 6) is 0.632. The van der Waals surface area contributed by atoms with E-state index in [-0.39, 0.29) is 24.2 Å². The highest BCUT2D eigenvalue weighted by Gasteiger charge is 2.34. The summed E-state index contributed by atoms with van der Waals surface area (Å²) in [6.45, 7) is 0. The highest BCUT2D eigenvalue weighted by atomic mass is 35.5. The van der Waals surface area contributed by atoms with Crippen LogP contribution in [0.2, 0.25) is 0 Å². The van der Waals surface area contributed by atoms with Gasteiger partial charge >= 0.3 is 0 Å². The van der Waals surface area contributed by atoms with Crippen LogP contribution in [0.15, 0.2) is 36.4 Å². The Morgan fingerprint density at radius 3 is 2.37 bits per heavy atom. The quantitative estimate of drug-likeness (QED) is 0.809.